The first-order valence-electron chi connectivity index (χ1n) is 16.9. The summed E-state index contributed by atoms with van der Waals surface area (Å²) in [6.45, 7) is 5.04. The van der Waals surface area contributed by atoms with Gasteiger partial charge in [-0.2, -0.15) is 0 Å². The van der Waals surface area contributed by atoms with Crippen LogP contribution in [0, 0.1) is 28.6 Å². The Morgan fingerprint density at radius 3 is 2.49 bits per heavy atom. The van der Waals surface area contributed by atoms with E-state index < -0.39 is 0 Å². The number of carbonyl (C=O) groups excluding carboxylic acids is 1. The molecule has 3 saturated carbocycles. The van der Waals surface area contributed by atoms with Gasteiger partial charge in [0.1, 0.15) is 5.76 Å². The van der Waals surface area contributed by atoms with Gasteiger partial charge in [0.05, 0.1) is 18.8 Å². The molecule has 3 aliphatic carbocycles. The minimum atomic E-state index is -0.348. The van der Waals surface area contributed by atoms with Crippen molar-refractivity contribution in [3.63, 3.8) is 0 Å². The summed E-state index contributed by atoms with van der Waals surface area (Å²) in [7, 11) is 1.60. The van der Waals surface area contributed by atoms with Gasteiger partial charge in [-0.05, 0) is 82.1 Å². The number of aliphatic hydroxyl groups is 1. The highest BCUT2D eigenvalue weighted by Crippen LogP contribution is 2.57. The Balaban J connectivity index is 1.22. The number of nitrogens with zero attached hydrogens (tertiary/aromatic N) is 1. The Hall–Kier alpha value is -1.79. The molecule has 0 aromatic heterocycles. The van der Waals surface area contributed by atoms with Crippen LogP contribution >= 0.6 is 0 Å². The Morgan fingerprint density at radius 2 is 1.73 bits per heavy atom. The molecule has 2 spiro atoms. The second-order valence-corrected chi connectivity index (χ2v) is 14.8. The quantitative estimate of drug-likeness (QED) is 0.366. The molecule has 4 aliphatic heterocycles. The molecular formula is C35H51NO5. The maximum atomic E-state index is 12.5. The first kappa shape index (κ1) is 28.0. The van der Waals surface area contributed by atoms with Crippen LogP contribution in [0.15, 0.2) is 34.7 Å². The zero-order valence-corrected chi connectivity index (χ0v) is 25.6. The molecule has 41 heavy (non-hydrogen) atoms. The predicted octanol–water partition coefficient (Wildman–Crippen LogP) is 7.14. The van der Waals surface area contributed by atoms with E-state index in [0.29, 0.717) is 34.5 Å². The molecule has 5 fully saturated rings. The van der Waals surface area contributed by atoms with E-state index in [1.54, 1.807) is 14.0 Å². The fraction of sp³-hybridized carbons (Fsp3) is 0.800. The lowest BCUT2D eigenvalue weighted by molar-refractivity contribution is -0.133. The van der Waals surface area contributed by atoms with Gasteiger partial charge in [-0.25, -0.2) is 4.79 Å². The predicted molar refractivity (Wildman–Crippen MR) is 157 cm³/mol. The monoisotopic (exact) mass is 565 g/mol. The Kier molecular flexibility index (Phi) is 7.33. The third kappa shape index (κ3) is 4.61. The molecule has 6 nitrogen and oxygen atoms in total. The Bertz CT molecular complexity index is 1130. The third-order valence-corrected chi connectivity index (χ3v) is 12.7. The van der Waals surface area contributed by atoms with Crippen LogP contribution in [0.25, 0.3) is 0 Å². The van der Waals surface area contributed by atoms with Gasteiger partial charge in [0, 0.05) is 35.9 Å². The van der Waals surface area contributed by atoms with Crippen molar-refractivity contribution in [2.75, 3.05) is 13.7 Å². The summed E-state index contributed by atoms with van der Waals surface area (Å²) in [4.78, 5) is 15.3. The van der Waals surface area contributed by atoms with E-state index in [2.05, 4.69) is 17.9 Å². The zero-order valence-electron chi connectivity index (χ0n) is 25.6. The molecule has 1 N–H and O–H groups in total. The molecule has 6 atom stereocenters. The van der Waals surface area contributed by atoms with Gasteiger partial charge in [0.25, 0.3) is 0 Å². The molecule has 0 bridgehead atoms. The fourth-order valence-corrected chi connectivity index (χ4v) is 10.7. The average Bonchev–Trinajstić information content (AvgIpc) is 3.72. The van der Waals surface area contributed by atoms with Crippen molar-refractivity contribution >= 4 is 5.97 Å². The van der Waals surface area contributed by atoms with Crippen LogP contribution in [0.1, 0.15) is 117 Å². The summed E-state index contributed by atoms with van der Waals surface area (Å²) in [5, 5.41) is 12.1. The van der Waals surface area contributed by atoms with Crippen LogP contribution < -0.4 is 0 Å². The lowest BCUT2D eigenvalue weighted by Gasteiger charge is -2.49. The number of cyclic esters (lactones) is 1. The Morgan fingerprint density at radius 1 is 1.00 bits per heavy atom. The molecule has 0 unspecified atom stereocenters. The van der Waals surface area contributed by atoms with E-state index in [1.165, 1.54) is 77.0 Å². The number of esters is 1. The number of aliphatic hydroxyl groups excluding tert-OH is 1. The van der Waals surface area contributed by atoms with Gasteiger partial charge in [0.15, 0.2) is 11.5 Å². The third-order valence-electron chi connectivity index (χ3n) is 12.7. The first-order valence-corrected chi connectivity index (χ1v) is 16.9. The molecule has 6 heteroatoms. The van der Waals surface area contributed by atoms with Crippen molar-refractivity contribution < 1.29 is 24.1 Å². The molecule has 0 aromatic carbocycles. The zero-order chi connectivity index (χ0) is 28.4. The van der Waals surface area contributed by atoms with Gasteiger partial charge < -0.3 is 19.3 Å². The fourth-order valence-electron chi connectivity index (χ4n) is 10.7. The maximum absolute atomic E-state index is 12.5. The lowest BCUT2D eigenvalue weighted by Crippen LogP contribution is -2.57. The average molecular weight is 566 g/mol. The van der Waals surface area contributed by atoms with Crippen LogP contribution in [-0.4, -0.2) is 47.8 Å². The summed E-state index contributed by atoms with van der Waals surface area (Å²) >= 11 is 0. The van der Waals surface area contributed by atoms with Crippen LogP contribution in [0.3, 0.4) is 0 Å². The number of carbonyl (C=O) groups is 1. The maximum Gasteiger partial charge on any atom is 0.343 e. The normalized spacial score (nSPS) is 38.9. The topological polar surface area (TPSA) is 68.2 Å². The molecule has 0 radical (unpaired) electrons. The van der Waals surface area contributed by atoms with E-state index >= 15 is 0 Å². The van der Waals surface area contributed by atoms with Crippen molar-refractivity contribution in [3.8, 4) is 0 Å². The molecule has 226 valence electrons. The van der Waals surface area contributed by atoms with Crippen LogP contribution in [0.4, 0.5) is 0 Å². The first-order chi connectivity index (χ1) is 19.8. The molecule has 0 aromatic rings. The number of rotatable bonds is 4. The van der Waals surface area contributed by atoms with Crippen molar-refractivity contribution in [3.05, 3.63) is 34.7 Å². The molecule has 2 saturated heterocycles. The number of ether oxygens (including phenoxy) is 3. The molecule has 4 heterocycles. The van der Waals surface area contributed by atoms with Crippen molar-refractivity contribution in [2.45, 2.75) is 135 Å². The minimum Gasteiger partial charge on any atom is -0.492 e. The van der Waals surface area contributed by atoms with Crippen molar-refractivity contribution in [1.29, 1.82) is 0 Å². The minimum absolute atomic E-state index is 0.0684. The highest BCUT2D eigenvalue weighted by molar-refractivity contribution is 5.93. The van der Waals surface area contributed by atoms with E-state index in [9.17, 15) is 9.90 Å². The Labute approximate surface area is 246 Å². The standard InChI is InChI=1S/C35H51NO5/c1-22-29-26-13-9-12-25(27(37)19-24-11-10-18-35(24)16-7-8-17-35)36(26)21-34(14-5-4-6-15-34)20-28(29)40-31(22)32-30(39-3)23(2)33(38)41-32/h20,22,24-27,29,37H,4-19,21H2,1-3H3/t22-,24+,25-,26-,27-,29+/m0/s1. The summed E-state index contributed by atoms with van der Waals surface area (Å²) < 4.78 is 18.2. The summed E-state index contributed by atoms with van der Waals surface area (Å²) in [6, 6.07) is 0.533. The summed E-state index contributed by atoms with van der Waals surface area (Å²) in [5.74, 6) is 3.39. The highest BCUT2D eigenvalue weighted by atomic mass is 16.6. The SMILES string of the molecule is COC1=C(C)C(=O)OC1=C1OC2=CC3(CCCCC3)CN3[C@@H](CCC[C@H]3[C@@H](O)C[C@H]3CCCC34CCCC4)[C@H]2[C@@H]1C. The van der Waals surface area contributed by atoms with Crippen LogP contribution in [-0.2, 0) is 19.0 Å². The summed E-state index contributed by atoms with van der Waals surface area (Å²) in [6.07, 6.45) is 22.3. The lowest BCUT2D eigenvalue weighted by atomic mass is 9.71. The largest absolute Gasteiger partial charge is 0.492 e. The van der Waals surface area contributed by atoms with Crippen LogP contribution in [0.2, 0.25) is 0 Å². The summed E-state index contributed by atoms with van der Waals surface area (Å²) in [5.41, 5.74) is 1.11. The number of piperidine rings is 1. The smallest absolute Gasteiger partial charge is 0.343 e. The van der Waals surface area contributed by atoms with Gasteiger partial charge in [-0.3, -0.25) is 4.90 Å². The van der Waals surface area contributed by atoms with Crippen molar-refractivity contribution in [2.24, 2.45) is 28.6 Å². The molecular weight excluding hydrogens is 514 g/mol. The number of fused-ring (bicyclic) bond motifs is 3. The molecule has 7 aliphatic rings. The number of allylic oxidation sites excluding steroid dienone is 1. The highest BCUT2D eigenvalue weighted by Gasteiger charge is 2.54. The van der Waals surface area contributed by atoms with E-state index in [-0.39, 0.29) is 35.4 Å². The number of hydrogen-bond acceptors (Lipinski definition) is 6. The second-order valence-electron chi connectivity index (χ2n) is 14.8. The van der Waals surface area contributed by atoms with Crippen molar-refractivity contribution in [1.82, 2.24) is 4.90 Å². The number of hydrogen-bond donors (Lipinski definition) is 1. The van der Waals surface area contributed by atoms with Gasteiger partial charge in [-0.15, -0.1) is 0 Å². The second kappa shape index (κ2) is 10.7. The van der Waals surface area contributed by atoms with Crippen LogP contribution in [0.5, 0.6) is 0 Å². The number of methoxy groups -OCH3 is 1. The van der Waals surface area contributed by atoms with Gasteiger partial charge in [-0.1, -0.05) is 51.9 Å². The van der Waals surface area contributed by atoms with Gasteiger partial charge >= 0.3 is 5.97 Å². The molecule has 0 amide bonds. The van der Waals surface area contributed by atoms with E-state index in [1.807, 2.05) is 0 Å². The van der Waals surface area contributed by atoms with E-state index in [4.69, 9.17) is 14.2 Å². The van der Waals surface area contributed by atoms with E-state index in [0.717, 1.165) is 43.7 Å². The molecule has 7 rings (SSSR count). The van der Waals surface area contributed by atoms with Gasteiger partial charge in [0.2, 0.25) is 5.76 Å².